The van der Waals surface area contributed by atoms with Crippen molar-refractivity contribution in [3.05, 3.63) is 77.5 Å². The smallest absolute Gasteiger partial charge is 0.255 e. The minimum Gasteiger partial charge on any atom is -0.349 e. The number of aryl methyl sites for hydroxylation is 1. The number of nitrogens with one attached hydrogen (secondary N) is 1. The molecule has 1 amide bonds. The molecule has 3 N–H and O–H groups in total. The molecule has 4 rings (SSSR count). The summed E-state index contributed by atoms with van der Waals surface area (Å²) in [5.74, 6) is -0.0552. The Kier molecular flexibility index (Phi) is 5.76. The van der Waals surface area contributed by atoms with Crippen molar-refractivity contribution in [3.8, 4) is 11.3 Å². The molecule has 0 unspecified atom stereocenters. The molecule has 0 bridgehead atoms. The molecule has 0 atom stereocenters. The topological polar surface area (TPSA) is 72.9 Å². The first-order valence-corrected chi connectivity index (χ1v) is 10.3. The fourth-order valence-corrected chi connectivity index (χ4v) is 3.89. The molecule has 1 saturated carbocycles. The number of nitrogens with zero attached hydrogens (tertiary/aromatic N) is 2. The van der Waals surface area contributed by atoms with Gasteiger partial charge >= 0.3 is 0 Å². The predicted octanol–water partition coefficient (Wildman–Crippen LogP) is 3.91. The van der Waals surface area contributed by atoms with Gasteiger partial charge in [-0.2, -0.15) is 5.10 Å². The number of benzene rings is 2. The molecule has 1 aliphatic rings. The SMILES string of the molecule is Cc1ccc(-c2nn(Cc3ccccc3)cc2C(=O)NC2CCC(N)CC2)cc1. The molecule has 5 heteroatoms. The Morgan fingerprint density at radius 3 is 2.45 bits per heavy atom. The lowest BCUT2D eigenvalue weighted by molar-refractivity contribution is 0.0926. The van der Waals surface area contributed by atoms with Gasteiger partial charge in [0, 0.05) is 23.8 Å². The summed E-state index contributed by atoms with van der Waals surface area (Å²) in [5.41, 5.74) is 10.6. The van der Waals surface area contributed by atoms with E-state index < -0.39 is 0 Å². The van der Waals surface area contributed by atoms with Gasteiger partial charge in [-0.25, -0.2) is 0 Å². The summed E-state index contributed by atoms with van der Waals surface area (Å²) in [6.45, 7) is 2.68. The Balaban J connectivity index is 1.61. The molecule has 0 radical (unpaired) electrons. The first kappa shape index (κ1) is 19.4. The van der Waals surface area contributed by atoms with Crippen molar-refractivity contribution in [1.82, 2.24) is 15.1 Å². The van der Waals surface area contributed by atoms with Crippen LogP contribution in [0.25, 0.3) is 11.3 Å². The molecule has 1 heterocycles. The monoisotopic (exact) mass is 388 g/mol. The summed E-state index contributed by atoms with van der Waals surface area (Å²) in [6.07, 6.45) is 5.66. The third-order valence-corrected chi connectivity index (χ3v) is 5.63. The van der Waals surface area contributed by atoms with Crippen molar-refractivity contribution >= 4 is 5.91 Å². The second-order valence-corrected chi connectivity index (χ2v) is 8.03. The van der Waals surface area contributed by atoms with Crippen LogP contribution in [-0.2, 0) is 6.54 Å². The molecule has 0 aliphatic heterocycles. The second-order valence-electron chi connectivity index (χ2n) is 8.03. The van der Waals surface area contributed by atoms with E-state index in [4.69, 9.17) is 10.8 Å². The molecule has 0 spiro atoms. The highest BCUT2D eigenvalue weighted by atomic mass is 16.1. The molecule has 150 valence electrons. The van der Waals surface area contributed by atoms with Crippen molar-refractivity contribution in [2.75, 3.05) is 0 Å². The van der Waals surface area contributed by atoms with Crippen molar-refractivity contribution in [1.29, 1.82) is 0 Å². The van der Waals surface area contributed by atoms with E-state index >= 15 is 0 Å². The highest BCUT2D eigenvalue weighted by Crippen LogP contribution is 2.24. The highest BCUT2D eigenvalue weighted by molar-refractivity contribution is 6.00. The van der Waals surface area contributed by atoms with E-state index in [2.05, 4.69) is 36.5 Å². The van der Waals surface area contributed by atoms with Crippen LogP contribution < -0.4 is 11.1 Å². The lowest BCUT2D eigenvalue weighted by Gasteiger charge is -2.26. The van der Waals surface area contributed by atoms with Crippen molar-refractivity contribution < 1.29 is 4.79 Å². The van der Waals surface area contributed by atoms with Gasteiger partial charge in [-0.15, -0.1) is 0 Å². The lowest BCUT2D eigenvalue weighted by Crippen LogP contribution is -2.40. The molecule has 5 nitrogen and oxygen atoms in total. The number of nitrogens with two attached hydrogens (primary N) is 1. The first-order chi connectivity index (χ1) is 14.1. The maximum absolute atomic E-state index is 13.1. The van der Waals surface area contributed by atoms with Gasteiger partial charge in [-0.1, -0.05) is 60.2 Å². The molecular weight excluding hydrogens is 360 g/mol. The Labute approximate surface area is 171 Å². The van der Waals surface area contributed by atoms with Gasteiger partial charge in [0.2, 0.25) is 0 Å². The average molecular weight is 389 g/mol. The Morgan fingerprint density at radius 1 is 1.07 bits per heavy atom. The molecule has 2 aromatic carbocycles. The van der Waals surface area contributed by atoms with Gasteiger partial charge < -0.3 is 11.1 Å². The molecule has 29 heavy (non-hydrogen) atoms. The number of carbonyl (C=O) groups excluding carboxylic acids is 1. The summed E-state index contributed by atoms with van der Waals surface area (Å²) < 4.78 is 1.86. The zero-order valence-corrected chi connectivity index (χ0v) is 16.8. The van der Waals surface area contributed by atoms with E-state index in [1.807, 2.05) is 41.2 Å². The molecule has 3 aromatic rings. The van der Waals surface area contributed by atoms with Crippen LogP contribution in [-0.4, -0.2) is 27.8 Å². The molecular formula is C24H28N4O. The van der Waals surface area contributed by atoms with Gasteiger partial charge in [0.15, 0.2) is 0 Å². The van der Waals surface area contributed by atoms with Crippen molar-refractivity contribution in [3.63, 3.8) is 0 Å². The predicted molar refractivity (Wildman–Crippen MR) is 116 cm³/mol. The van der Waals surface area contributed by atoms with Crippen LogP contribution in [0.4, 0.5) is 0 Å². The molecule has 1 fully saturated rings. The zero-order valence-electron chi connectivity index (χ0n) is 16.8. The summed E-state index contributed by atoms with van der Waals surface area (Å²) in [6, 6.07) is 18.8. The summed E-state index contributed by atoms with van der Waals surface area (Å²) in [7, 11) is 0. The summed E-state index contributed by atoms with van der Waals surface area (Å²) in [5, 5.41) is 7.97. The number of amides is 1. The fourth-order valence-electron chi connectivity index (χ4n) is 3.89. The number of aromatic nitrogens is 2. The van der Waals surface area contributed by atoms with Gasteiger partial charge in [-0.3, -0.25) is 9.48 Å². The van der Waals surface area contributed by atoms with Crippen LogP contribution in [0.15, 0.2) is 60.8 Å². The van der Waals surface area contributed by atoms with Gasteiger partial charge in [0.05, 0.1) is 12.1 Å². The van der Waals surface area contributed by atoms with E-state index in [1.54, 1.807) is 0 Å². The van der Waals surface area contributed by atoms with E-state index in [0.29, 0.717) is 12.1 Å². The van der Waals surface area contributed by atoms with Crippen molar-refractivity contribution in [2.45, 2.75) is 51.2 Å². The maximum atomic E-state index is 13.1. The first-order valence-electron chi connectivity index (χ1n) is 10.3. The van der Waals surface area contributed by atoms with E-state index in [1.165, 1.54) is 5.56 Å². The average Bonchev–Trinajstić information content (AvgIpc) is 3.15. The standard InChI is InChI=1S/C24H28N4O/c1-17-7-9-19(10-8-17)23-22(24(29)26-21-13-11-20(25)12-14-21)16-28(27-23)15-18-5-3-2-4-6-18/h2-10,16,20-21H,11-15,25H2,1H3,(H,26,29). The summed E-state index contributed by atoms with van der Waals surface area (Å²) >= 11 is 0. The Hall–Kier alpha value is -2.92. The quantitative estimate of drug-likeness (QED) is 0.696. The van der Waals surface area contributed by atoms with E-state index in [0.717, 1.165) is 42.5 Å². The number of hydrogen-bond donors (Lipinski definition) is 2. The van der Waals surface area contributed by atoms with Gasteiger partial charge in [0.1, 0.15) is 5.69 Å². The maximum Gasteiger partial charge on any atom is 0.255 e. The number of hydrogen-bond acceptors (Lipinski definition) is 3. The molecule has 1 aromatic heterocycles. The van der Waals surface area contributed by atoms with Crippen LogP contribution in [0.3, 0.4) is 0 Å². The van der Waals surface area contributed by atoms with Crippen LogP contribution in [0.2, 0.25) is 0 Å². The van der Waals surface area contributed by atoms with Gasteiger partial charge in [0.25, 0.3) is 5.91 Å². The second kappa shape index (κ2) is 8.62. The zero-order chi connectivity index (χ0) is 20.2. The lowest BCUT2D eigenvalue weighted by atomic mass is 9.91. The molecule has 1 aliphatic carbocycles. The van der Waals surface area contributed by atoms with E-state index in [-0.39, 0.29) is 18.0 Å². The summed E-state index contributed by atoms with van der Waals surface area (Å²) in [4.78, 5) is 13.1. The number of rotatable bonds is 5. The largest absolute Gasteiger partial charge is 0.349 e. The van der Waals surface area contributed by atoms with E-state index in [9.17, 15) is 4.79 Å². The Morgan fingerprint density at radius 2 is 1.76 bits per heavy atom. The van der Waals surface area contributed by atoms with Gasteiger partial charge in [-0.05, 0) is 38.2 Å². The van der Waals surface area contributed by atoms with Crippen LogP contribution in [0, 0.1) is 6.92 Å². The number of carbonyl (C=O) groups is 1. The third kappa shape index (κ3) is 4.74. The Bertz CT molecular complexity index is 954. The van der Waals surface area contributed by atoms with Crippen molar-refractivity contribution in [2.24, 2.45) is 5.73 Å². The highest BCUT2D eigenvalue weighted by Gasteiger charge is 2.24. The molecule has 0 saturated heterocycles. The minimum absolute atomic E-state index is 0.0552. The normalized spacial score (nSPS) is 19.1. The minimum atomic E-state index is -0.0552. The van der Waals surface area contributed by atoms with Crippen LogP contribution in [0.5, 0.6) is 0 Å². The van der Waals surface area contributed by atoms with Crippen LogP contribution >= 0.6 is 0 Å². The third-order valence-electron chi connectivity index (χ3n) is 5.63. The fraction of sp³-hybridized carbons (Fsp3) is 0.333. The van der Waals surface area contributed by atoms with Crippen LogP contribution in [0.1, 0.15) is 47.2 Å².